The fourth-order valence-electron chi connectivity index (χ4n) is 1.29. The molecule has 0 spiro atoms. The normalized spacial score (nSPS) is 17.1. The lowest BCUT2D eigenvalue weighted by molar-refractivity contribution is -0.0471. The summed E-state index contributed by atoms with van der Waals surface area (Å²) in [4.78, 5) is 1.21. The van der Waals surface area contributed by atoms with Crippen molar-refractivity contribution < 1.29 is 5.11 Å². The minimum atomic E-state index is -0.739. The Kier molecular flexibility index (Phi) is 2.56. The van der Waals surface area contributed by atoms with Crippen LogP contribution in [0.5, 0.6) is 0 Å². The van der Waals surface area contributed by atoms with E-state index in [9.17, 15) is 5.11 Å². The van der Waals surface area contributed by atoms with E-state index in [4.69, 9.17) is 0 Å². The van der Waals surface area contributed by atoms with Crippen molar-refractivity contribution in [1.82, 2.24) is 0 Å². The van der Waals surface area contributed by atoms with Crippen molar-refractivity contribution in [2.75, 3.05) is 0 Å². The summed E-state index contributed by atoms with van der Waals surface area (Å²) in [5.74, 6) is 0. The van der Waals surface area contributed by atoms with Gasteiger partial charge in [0.25, 0.3) is 0 Å². The average molecular weight is 198 g/mol. The molecule has 1 rings (SSSR count). The van der Waals surface area contributed by atoms with E-state index in [0.717, 1.165) is 5.56 Å². The van der Waals surface area contributed by atoms with Crippen molar-refractivity contribution >= 4 is 11.3 Å². The maximum absolute atomic E-state index is 10.4. The number of thiophene rings is 1. The van der Waals surface area contributed by atoms with Gasteiger partial charge in [0.2, 0.25) is 0 Å². The Bertz CT molecular complexity index is 291. The Labute approximate surface area is 84.4 Å². The molecule has 1 heterocycles. The van der Waals surface area contributed by atoms with Gasteiger partial charge in [-0.05, 0) is 36.3 Å². The zero-order valence-electron chi connectivity index (χ0n) is 9.01. The molecule has 1 aromatic rings. The molecule has 0 aliphatic heterocycles. The van der Waals surface area contributed by atoms with Crippen LogP contribution in [0, 0.1) is 12.3 Å². The maximum atomic E-state index is 10.4. The molecular formula is C11H18OS. The first-order chi connectivity index (χ1) is 5.77. The van der Waals surface area contributed by atoms with Crippen LogP contribution in [0.1, 0.15) is 38.1 Å². The lowest BCUT2D eigenvalue weighted by Crippen LogP contribution is -2.36. The second-order valence-corrected chi connectivity index (χ2v) is 5.83. The van der Waals surface area contributed by atoms with Gasteiger partial charge in [0, 0.05) is 4.88 Å². The number of hydrogen-bond donors (Lipinski definition) is 1. The Hall–Kier alpha value is -0.340. The summed E-state index contributed by atoms with van der Waals surface area (Å²) in [6, 6.07) is 2.02. The van der Waals surface area contributed by atoms with E-state index < -0.39 is 5.60 Å². The lowest BCUT2D eigenvalue weighted by Gasteiger charge is -2.37. The lowest BCUT2D eigenvalue weighted by atomic mass is 9.74. The molecule has 0 saturated carbocycles. The van der Waals surface area contributed by atoms with E-state index in [0.29, 0.717) is 0 Å². The van der Waals surface area contributed by atoms with Crippen LogP contribution in [0.25, 0.3) is 0 Å². The predicted octanol–water partition coefficient (Wildman–Crippen LogP) is 3.31. The molecule has 0 bridgehead atoms. The zero-order chi connectivity index (χ0) is 10.3. The first kappa shape index (κ1) is 10.7. The second kappa shape index (κ2) is 3.10. The fraction of sp³-hybridized carbons (Fsp3) is 0.636. The zero-order valence-corrected chi connectivity index (χ0v) is 9.83. The van der Waals surface area contributed by atoms with Gasteiger partial charge in [-0.3, -0.25) is 0 Å². The number of rotatable bonds is 1. The van der Waals surface area contributed by atoms with Crippen LogP contribution < -0.4 is 0 Å². The Morgan fingerprint density at radius 2 is 1.77 bits per heavy atom. The number of aryl methyl sites for hydroxylation is 1. The largest absolute Gasteiger partial charge is 0.385 e. The minimum absolute atomic E-state index is 0.126. The van der Waals surface area contributed by atoms with Crippen LogP contribution >= 0.6 is 11.3 Å². The highest BCUT2D eigenvalue weighted by atomic mass is 32.1. The standard InChI is InChI=1S/C11H18OS/c1-8-9(6-7-13-8)11(5,12)10(2,3)4/h6-7,12H,1-5H3. The highest BCUT2D eigenvalue weighted by Crippen LogP contribution is 2.41. The third kappa shape index (κ3) is 1.79. The number of hydrogen-bond acceptors (Lipinski definition) is 2. The molecule has 1 nitrogen and oxygen atoms in total. The molecule has 0 aromatic carbocycles. The average Bonchev–Trinajstić information content (AvgIpc) is 2.32. The van der Waals surface area contributed by atoms with E-state index in [1.54, 1.807) is 11.3 Å². The summed E-state index contributed by atoms with van der Waals surface area (Å²) in [7, 11) is 0. The van der Waals surface area contributed by atoms with Crippen molar-refractivity contribution in [3.05, 3.63) is 21.9 Å². The van der Waals surface area contributed by atoms with Crippen LogP contribution in [0.3, 0.4) is 0 Å². The SMILES string of the molecule is Cc1sccc1C(C)(O)C(C)(C)C. The first-order valence-electron chi connectivity index (χ1n) is 4.54. The summed E-state index contributed by atoms with van der Waals surface area (Å²) < 4.78 is 0. The highest BCUT2D eigenvalue weighted by Gasteiger charge is 2.38. The van der Waals surface area contributed by atoms with Gasteiger partial charge in [-0.25, -0.2) is 0 Å². The quantitative estimate of drug-likeness (QED) is 0.734. The fourth-order valence-corrected chi connectivity index (χ4v) is 2.10. The van der Waals surface area contributed by atoms with Gasteiger partial charge < -0.3 is 5.11 Å². The molecule has 13 heavy (non-hydrogen) atoms. The van der Waals surface area contributed by atoms with Gasteiger partial charge in [-0.1, -0.05) is 20.8 Å². The van der Waals surface area contributed by atoms with Crippen molar-refractivity contribution in [1.29, 1.82) is 0 Å². The van der Waals surface area contributed by atoms with Gasteiger partial charge >= 0.3 is 0 Å². The molecule has 1 atom stereocenters. The minimum Gasteiger partial charge on any atom is -0.385 e. The molecule has 0 saturated heterocycles. The molecule has 0 amide bonds. The first-order valence-corrected chi connectivity index (χ1v) is 5.42. The van der Waals surface area contributed by atoms with Crippen molar-refractivity contribution in [2.24, 2.45) is 5.41 Å². The van der Waals surface area contributed by atoms with Crippen molar-refractivity contribution in [3.8, 4) is 0 Å². The topological polar surface area (TPSA) is 20.2 Å². The summed E-state index contributed by atoms with van der Waals surface area (Å²) in [5, 5.41) is 12.4. The molecule has 1 unspecified atom stereocenters. The van der Waals surface area contributed by atoms with Gasteiger partial charge in [0.1, 0.15) is 0 Å². The van der Waals surface area contributed by atoms with Gasteiger partial charge in [0.05, 0.1) is 5.60 Å². The van der Waals surface area contributed by atoms with Crippen molar-refractivity contribution in [3.63, 3.8) is 0 Å². The summed E-state index contributed by atoms with van der Waals surface area (Å²) in [6.45, 7) is 10.1. The molecule has 1 aromatic heterocycles. The molecular weight excluding hydrogens is 180 g/mol. The van der Waals surface area contributed by atoms with Crippen molar-refractivity contribution in [2.45, 2.75) is 40.2 Å². The molecule has 0 radical (unpaired) electrons. The summed E-state index contributed by atoms with van der Waals surface area (Å²) in [5.41, 5.74) is 0.195. The smallest absolute Gasteiger partial charge is 0.0927 e. The molecule has 0 aliphatic carbocycles. The molecule has 74 valence electrons. The Morgan fingerprint density at radius 1 is 1.23 bits per heavy atom. The highest BCUT2D eigenvalue weighted by molar-refractivity contribution is 7.10. The second-order valence-electron chi connectivity index (χ2n) is 4.71. The molecule has 0 aliphatic rings. The molecule has 2 heteroatoms. The Balaban J connectivity index is 3.15. The predicted molar refractivity (Wildman–Crippen MR) is 58.1 cm³/mol. The van der Waals surface area contributed by atoms with E-state index in [1.165, 1.54) is 4.88 Å². The summed E-state index contributed by atoms with van der Waals surface area (Å²) in [6.07, 6.45) is 0. The third-order valence-electron chi connectivity index (χ3n) is 2.84. The molecule has 0 fully saturated rings. The van der Waals surface area contributed by atoms with Crippen LogP contribution in [-0.2, 0) is 5.60 Å². The van der Waals surface area contributed by atoms with Gasteiger partial charge in [-0.15, -0.1) is 11.3 Å². The van der Waals surface area contributed by atoms with Gasteiger partial charge in [-0.2, -0.15) is 0 Å². The van der Waals surface area contributed by atoms with E-state index >= 15 is 0 Å². The van der Waals surface area contributed by atoms with E-state index in [2.05, 4.69) is 27.7 Å². The Morgan fingerprint density at radius 3 is 2.08 bits per heavy atom. The van der Waals surface area contributed by atoms with Crippen LogP contribution in [0.2, 0.25) is 0 Å². The van der Waals surface area contributed by atoms with Crippen LogP contribution in [0.15, 0.2) is 11.4 Å². The van der Waals surface area contributed by atoms with Gasteiger partial charge in [0.15, 0.2) is 0 Å². The van der Waals surface area contributed by atoms with E-state index in [-0.39, 0.29) is 5.41 Å². The van der Waals surface area contributed by atoms with Crippen LogP contribution in [0.4, 0.5) is 0 Å². The molecule has 1 N–H and O–H groups in total. The summed E-state index contributed by atoms with van der Waals surface area (Å²) >= 11 is 1.69. The van der Waals surface area contributed by atoms with Crippen LogP contribution in [-0.4, -0.2) is 5.11 Å². The number of aliphatic hydroxyl groups is 1. The third-order valence-corrected chi connectivity index (χ3v) is 3.69. The van der Waals surface area contributed by atoms with E-state index in [1.807, 2.05) is 18.4 Å². The maximum Gasteiger partial charge on any atom is 0.0927 e. The monoisotopic (exact) mass is 198 g/mol.